The molecule has 0 aliphatic carbocycles. The summed E-state index contributed by atoms with van der Waals surface area (Å²) in [6.45, 7) is 3.33. The highest BCUT2D eigenvalue weighted by molar-refractivity contribution is 6.06. The van der Waals surface area contributed by atoms with Crippen molar-refractivity contribution in [2.24, 2.45) is 5.73 Å². The Bertz CT molecular complexity index is 404. The van der Waals surface area contributed by atoms with E-state index in [1.807, 2.05) is 6.92 Å². The third-order valence-electron chi connectivity index (χ3n) is 2.17. The molecule has 0 bridgehead atoms. The molecular formula is C12H16N2O3. The van der Waals surface area contributed by atoms with Crippen molar-refractivity contribution < 1.29 is 14.3 Å². The third-order valence-corrected chi connectivity index (χ3v) is 2.17. The molecule has 0 unspecified atom stereocenters. The van der Waals surface area contributed by atoms with Gasteiger partial charge in [-0.05, 0) is 19.1 Å². The summed E-state index contributed by atoms with van der Waals surface area (Å²) >= 11 is 0. The summed E-state index contributed by atoms with van der Waals surface area (Å²) in [6.07, 6.45) is 0. The van der Waals surface area contributed by atoms with Crippen LogP contribution in [0.25, 0.3) is 0 Å². The first-order valence-electron chi connectivity index (χ1n) is 5.41. The quantitative estimate of drug-likeness (QED) is 0.708. The summed E-state index contributed by atoms with van der Waals surface area (Å²) in [5.74, 6) is -0.931. The number of carbonyl (C=O) groups is 2. The molecule has 3 N–H and O–H groups in total. The summed E-state index contributed by atoms with van der Waals surface area (Å²) in [7, 11) is 0. The summed E-state index contributed by atoms with van der Waals surface area (Å²) in [6, 6.07) is 6.44. The molecule has 0 spiro atoms. The minimum absolute atomic E-state index is 0.224. The van der Waals surface area contributed by atoms with Crippen LogP contribution >= 0.6 is 0 Å². The Balaban J connectivity index is 2.65. The number of carbonyl (C=O) groups excluding carboxylic acids is 2. The van der Waals surface area contributed by atoms with E-state index in [0.29, 0.717) is 19.8 Å². The number of ether oxygens (including phenoxy) is 1. The van der Waals surface area contributed by atoms with E-state index in [1.54, 1.807) is 18.2 Å². The number of amides is 2. The molecule has 0 aliphatic heterocycles. The Morgan fingerprint density at radius 2 is 1.94 bits per heavy atom. The molecule has 0 fully saturated rings. The molecule has 0 heterocycles. The van der Waals surface area contributed by atoms with E-state index >= 15 is 0 Å². The van der Waals surface area contributed by atoms with E-state index in [9.17, 15) is 9.59 Å². The van der Waals surface area contributed by atoms with Crippen molar-refractivity contribution in [3.05, 3.63) is 35.4 Å². The lowest BCUT2D eigenvalue weighted by molar-refractivity contribution is 0.0911. The SMILES string of the molecule is CCOCCNC(=O)c1ccccc1C(N)=O. The number of nitrogens with one attached hydrogen (secondary N) is 1. The summed E-state index contributed by atoms with van der Waals surface area (Å²) in [5, 5.41) is 2.66. The summed E-state index contributed by atoms with van der Waals surface area (Å²) < 4.78 is 5.09. The highest BCUT2D eigenvalue weighted by Crippen LogP contribution is 2.07. The molecule has 0 aromatic heterocycles. The van der Waals surface area contributed by atoms with E-state index in [4.69, 9.17) is 10.5 Å². The lowest BCUT2D eigenvalue weighted by atomic mass is 10.1. The minimum atomic E-state index is -0.611. The molecule has 5 heteroatoms. The van der Waals surface area contributed by atoms with Gasteiger partial charge in [0.25, 0.3) is 5.91 Å². The van der Waals surface area contributed by atoms with Crippen molar-refractivity contribution in [2.45, 2.75) is 6.92 Å². The first-order chi connectivity index (χ1) is 8.16. The van der Waals surface area contributed by atoms with Crippen LogP contribution in [0.2, 0.25) is 0 Å². The van der Waals surface area contributed by atoms with Crippen LogP contribution in [0.4, 0.5) is 0 Å². The van der Waals surface area contributed by atoms with Crippen molar-refractivity contribution in [1.82, 2.24) is 5.32 Å². The van der Waals surface area contributed by atoms with Crippen LogP contribution in [0.5, 0.6) is 0 Å². The molecule has 5 nitrogen and oxygen atoms in total. The molecule has 92 valence electrons. The van der Waals surface area contributed by atoms with Crippen LogP contribution in [-0.4, -0.2) is 31.6 Å². The van der Waals surface area contributed by atoms with Crippen molar-refractivity contribution >= 4 is 11.8 Å². The lowest BCUT2D eigenvalue weighted by Gasteiger charge is -2.07. The Morgan fingerprint density at radius 3 is 2.53 bits per heavy atom. The molecule has 17 heavy (non-hydrogen) atoms. The molecule has 1 aromatic rings. The molecule has 0 saturated carbocycles. The lowest BCUT2D eigenvalue weighted by Crippen LogP contribution is -2.29. The van der Waals surface area contributed by atoms with Crippen LogP contribution in [0.15, 0.2) is 24.3 Å². The zero-order valence-electron chi connectivity index (χ0n) is 9.73. The zero-order valence-corrected chi connectivity index (χ0v) is 9.73. The van der Waals surface area contributed by atoms with E-state index in [1.165, 1.54) is 6.07 Å². The topological polar surface area (TPSA) is 81.4 Å². The molecule has 1 rings (SSSR count). The smallest absolute Gasteiger partial charge is 0.252 e. The normalized spacial score (nSPS) is 9.94. The van der Waals surface area contributed by atoms with E-state index < -0.39 is 5.91 Å². The second-order valence-electron chi connectivity index (χ2n) is 3.36. The van der Waals surface area contributed by atoms with E-state index in [-0.39, 0.29) is 17.0 Å². The fourth-order valence-electron chi connectivity index (χ4n) is 1.37. The highest BCUT2D eigenvalue weighted by Gasteiger charge is 2.13. The number of benzene rings is 1. The van der Waals surface area contributed by atoms with Gasteiger partial charge in [0.2, 0.25) is 5.91 Å². The fourth-order valence-corrected chi connectivity index (χ4v) is 1.37. The van der Waals surface area contributed by atoms with Crippen LogP contribution in [-0.2, 0) is 4.74 Å². The second-order valence-corrected chi connectivity index (χ2v) is 3.36. The van der Waals surface area contributed by atoms with Crippen molar-refractivity contribution in [1.29, 1.82) is 0 Å². The number of nitrogens with two attached hydrogens (primary N) is 1. The van der Waals surface area contributed by atoms with Crippen LogP contribution in [0.1, 0.15) is 27.6 Å². The molecule has 0 radical (unpaired) electrons. The van der Waals surface area contributed by atoms with Crippen molar-refractivity contribution in [2.75, 3.05) is 19.8 Å². The highest BCUT2D eigenvalue weighted by atomic mass is 16.5. The average molecular weight is 236 g/mol. The van der Waals surface area contributed by atoms with Gasteiger partial charge in [0.1, 0.15) is 0 Å². The average Bonchev–Trinajstić information content (AvgIpc) is 2.34. The van der Waals surface area contributed by atoms with E-state index in [0.717, 1.165) is 0 Å². The van der Waals surface area contributed by atoms with Gasteiger partial charge < -0.3 is 15.8 Å². The number of hydrogen-bond donors (Lipinski definition) is 2. The van der Waals surface area contributed by atoms with Gasteiger partial charge in [-0.1, -0.05) is 12.1 Å². The first kappa shape index (κ1) is 13.2. The van der Waals surface area contributed by atoms with Gasteiger partial charge in [-0.15, -0.1) is 0 Å². The van der Waals surface area contributed by atoms with Gasteiger partial charge in [-0.25, -0.2) is 0 Å². The Labute approximate surface area is 99.9 Å². The van der Waals surface area contributed by atoms with Crippen molar-refractivity contribution in [3.63, 3.8) is 0 Å². The largest absolute Gasteiger partial charge is 0.380 e. The third kappa shape index (κ3) is 3.88. The molecule has 1 aromatic carbocycles. The molecule has 2 amide bonds. The summed E-state index contributed by atoms with van der Waals surface area (Å²) in [5.41, 5.74) is 5.70. The maximum atomic E-state index is 11.8. The molecule has 0 atom stereocenters. The fraction of sp³-hybridized carbons (Fsp3) is 0.333. The first-order valence-corrected chi connectivity index (χ1v) is 5.41. The number of rotatable bonds is 6. The maximum Gasteiger partial charge on any atom is 0.252 e. The second kappa shape index (κ2) is 6.65. The van der Waals surface area contributed by atoms with Gasteiger partial charge in [0.05, 0.1) is 17.7 Å². The Hall–Kier alpha value is -1.88. The van der Waals surface area contributed by atoms with Crippen LogP contribution in [0.3, 0.4) is 0 Å². The van der Waals surface area contributed by atoms with Crippen LogP contribution < -0.4 is 11.1 Å². The molecule has 0 aliphatic rings. The van der Waals surface area contributed by atoms with Gasteiger partial charge in [0, 0.05) is 13.2 Å². The predicted molar refractivity (Wildman–Crippen MR) is 63.8 cm³/mol. The zero-order chi connectivity index (χ0) is 12.7. The maximum absolute atomic E-state index is 11.8. The van der Waals surface area contributed by atoms with Gasteiger partial charge in [-0.3, -0.25) is 9.59 Å². The van der Waals surface area contributed by atoms with Gasteiger partial charge in [0.15, 0.2) is 0 Å². The standard InChI is InChI=1S/C12H16N2O3/c1-2-17-8-7-14-12(16)10-6-4-3-5-9(10)11(13)15/h3-6H,2,7-8H2,1H3,(H2,13,15)(H,14,16). The Morgan fingerprint density at radius 1 is 1.29 bits per heavy atom. The van der Waals surface area contributed by atoms with Crippen molar-refractivity contribution in [3.8, 4) is 0 Å². The number of primary amides is 1. The molecule has 0 saturated heterocycles. The summed E-state index contributed by atoms with van der Waals surface area (Å²) in [4.78, 5) is 22.9. The van der Waals surface area contributed by atoms with Gasteiger partial charge >= 0.3 is 0 Å². The van der Waals surface area contributed by atoms with Gasteiger partial charge in [-0.2, -0.15) is 0 Å². The monoisotopic (exact) mass is 236 g/mol. The van der Waals surface area contributed by atoms with Crippen LogP contribution in [0, 0.1) is 0 Å². The predicted octanol–water partition coefficient (Wildman–Crippen LogP) is 0.552. The Kier molecular flexibility index (Phi) is 5.16. The van der Waals surface area contributed by atoms with E-state index in [2.05, 4.69) is 5.32 Å². The molecular weight excluding hydrogens is 220 g/mol. The minimum Gasteiger partial charge on any atom is -0.380 e. The number of hydrogen-bond acceptors (Lipinski definition) is 3.